The third-order valence-electron chi connectivity index (χ3n) is 0. The molecular weight excluding hydrogens is 217 g/mol. The molecule has 7 heteroatoms. The number of hydrogen-bond acceptors (Lipinski definition) is 4. The molecule has 0 amide bonds. The predicted molar refractivity (Wildman–Crippen MR) is 16.3 cm³/mol. The largest absolute Gasteiger partial charge is 2.00 e. The second-order valence-corrected chi connectivity index (χ2v) is 0.224. The Labute approximate surface area is 67.1 Å². The summed E-state index contributed by atoms with van der Waals surface area (Å²) in [4.78, 5) is 8.25. The van der Waals surface area contributed by atoms with E-state index in [1.807, 2.05) is 0 Å². The average molecular weight is 220 g/mol. The molecule has 5 nitrogen and oxygen atoms in total. The zero-order chi connectivity index (χ0) is 5.58. The van der Waals surface area contributed by atoms with E-state index in [1.165, 1.54) is 0 Å². The van der Waals surface area contributed by atoms with Crippen LogP contribution < -0.4 is 5.11 Å². The van der Waals surface area contributed by atoms with Gasteiger partial charge in [0, 0.05) is 0 Å². The zero-order valence-electron chi connectivity index (χ0n) is 3.68. The molecule has 0 aliphatic carbocycles. The Kier molecular flexibility index (Phi) is 81.4. The molecule has 8 heavy (non-hydrogen) atoms. The van der Waals surface area contributed by atoms with Crippen molar-refractivity contribution in [3.8, 4) is 0 Å². The topological polar surface area (TPSA) is 89.3 Å². The molecule has 0 fully saturated rings. The van der Waals surface area contributed by atoms with Crippen LogP contribution >= 0.6 is 0 Å². The molecule has 0 bridgehead atoms. The molecule has 0 unspecified atom stereocenters. The Morgan fingerprint density at radius 1 is 1.12 bits per heavy atom. The molecule has 0 heterocycles. The van der Waals surface area contributed by atoms with E-state index in [2.05, 4.69) is 0 Å². The summed E-state index contributed by atoms with van der Waals surface area (Å²) in [7, 11) is 0.750. The summed E-state index contributed by atoms with van der Waals surface area (Å²) in [6.07, 6.45) is 0. The van der Waals surface area contributed by atoms with Gasteiger partial charge in [0.05, 0.1) is 5.09 Å². The van der Waals surface area contributed by atoms with Gasteiger partial charge in [-0.2, -0.15) is 7.11 Å². The van der Waals surface area contributed by atoms with Crippen LogP contribution in [0.15, 0.2) is 0 Å². The van der Waals surface area contributed by atoms with Crippen molar-refractivity contribution >= 4 is 0 Å². The van der Waals surface area contributed by atoms with Gasteiger partial charge in [0.1, 0.15) is 0 Å². The van der Waals surface area contributed by atoms with Crippen LogP contribution in [0.5, 0.6) is 0 Å². The summed E-state index contributed by atoms with van der Waals surface area (Å²) in [5.41, 5.74) is 0. The van der Waals surface area contributed by atoms with Gasteiger partial charge in [-0.15, -0.1) is 0 Å². The van der Waals surface area contributed by atoms with E-state index < -0.39 is 5.09 Å². The quantitative estimate of drug-likeness (QED) is 0.289. The van der Waals surface area contributed by atoms with Crippen LogP contribution in [0.25, 0.3) is 0 Å². The molecule has 0 atom stereocenters. The molecule has 0 aliphatic heterocycles. The Bertz CT molecular complexity index is 37.0. The van der Waals surface area contributed by atoms with E-state index in [4.69, 9.17) is 20.4 Å². The zero-order valence-corrected chi connectivity index (χ0v) is 5.57. The van der Waals surface area contributed by atoms with E-state index in [1.54, 1.807) is 0 Å². The van der Waals surface area contributed by atoms with Gasteiger partial charge in [0.15, 0.2) is 0 Å². The maximum absolute atomic E-state index is 8.25. The molecule has 0 rings (SSSR count). The van der Waals surface area contributed by atoms with Crippen molar-refractivity contribution < 1.29 is 44.3 Å². The smallest absolute Gasteiger partial charge is 0.857 e. The van der Waals surface area contributed by atoms with Crippen molar-refractivity contribution in [2.45, 2.75) is 0 Å². The summed E-state index contributed by atoms with van der Waals surface area (Å²) < 4.78 is 0. The van der Waals surface area contributed by atoms with Crippen molar-refractivity contribution in [2.24, 2.45) is 0 Å². The molecule has 0 aromatic heterocycles. The van der Waals surface area contributed by atoms with Crippen molar-refractivity contribution in [3.63, 3.8) is 0 Å². The fraction of sp³-hybridized carbons (Fsp3) is 1.00. The Balaban J connectivity index is -0.0000000183. The fourth-order valence-corrected chi connectivity index (χ4v) is 0. The first-order valence-electron chi connectivity index (χ1n) is 0.956. The third kappa shape index (κ3) is 4230. The van der Waals surface area contributed by atoms with Gasteiger partial charge in [-0.3, -0.25) is 0 Å². The molecule has 0 aromatic carbocycles. The van der Waals surface area contributed by atoms with Gasteiger partial charge >= 0.3 is 34.1 Å². The van der Waals surface area contributed by atoms with Gasteiger partial charge in [0.25, 0.3) is 0 Å². The van der Waals surface area contributed by atoms with Crippen molar-refractivity contribution in [2.75, 3.05) is 7.11 Å². The Morgan fingerprint density at radius 2 is 1.12 bits per heavy atom. The normalized spacial score (nSPS) is 3.75. The molecule has 0 aliphatic rings. The van der Waals surface area contributed by atoms with E-state index in [0.717, 1.165) is 7.11 Å². The first-order valence-corrected chi connectivity index (χ1v) is 0.956. The maximum atomic E-state index is 8.25. The molecular formula is CH3Cu2NO4+2. The van der Waals surface area contributed by atoms with Gasteiger partial charge < -0.3 is 20.4 Å². The predicted octanol–water partition coefficient (Wildman–Crippen LogP) is -1.27. The van der Waals surface area contributed by atoms with Gasteiger partial charge in [0.2, 0.25) is 0 Å². The van der Waals surface area contributed by atoms with E-state index in [9.17, 15) is 0 Å². The summed E-state index contributed by atoms with van der Waals surface area (Å²) in [6, 6.07) is 0. The van der Waals surface area contributed by atoms with E-state index in [0.29, 0.717) is 0 Å². The standard InChI is InChI=1S/CH3O.2Cu.NO3/c1-2;;;2-1(3)4/h1H3;;;/q-1;2*+2;-1. The Hall–Kier alpha value is 0.199. The minimum Gasteiger partial charge on any atom is -0.857 e. The molecule has 0 N–H and O–H groups in total. The van der Waals surface area contributed by atoms with Crippen LogP contribution in [0, 0.1) is 15.3 Å². The fourth-order valence-electron chi connectivity index (χ4n) is 0. The third-order valence-corrected chi connectivity index (χ3v) is 0. The van der Waals surface area contributed by atoms with Crippen LogP contribution in [-0.2, 0) is 34.1 Å². The summed E-state index contributed by atoms with van der Waals surface area (Å²) in [5.74, 6) is 0. The van der Waals surface area contributed by atoms with Crippen molar-refractivity contribution in [3.05, 3.63) is 15.3 Å². The van der Waals surface area contributed by atoms with Crippen LogP contribution in [0.1, 0.15) is 0 Å². The minimum atomic E-state index is -1.75. The summed E-state index contributed by atoms with van der Waals surface area (Å²) >= 11 is 0. The maximum Gasteiger partial charge on any atom is 2.00 e. The first-order chi connectivity index (χ1) is 2.73. The summed E-state index contributed by atoms with van der Waals surface area (Å²) in [6.45, 7) is 0. The van der Waals surface area contributed by atoms with E-state index >= 15 is 0 Å². The molecule has 0 saturated carbocycles. The van der Waals surface area contributed by atoms with Gasteiger partial charge in [-0.05, 0) is 0 Å². The second kappa shape index (κ2) is 27.0. The second-order valence-electron chi connectivity index (χ2n) is 0.224. The molecule has 0 saturated heterocycles. The van der Waals surface area contributed by atoms with E-state index in [-0.39, 0.29) is 34.1 Å². The van der Waals surface area contributed by atoms with Gasteiger partial charge in [-0.1, -0.05) is 0 Å². The monoisotopic (exact) mass is 219 g/mol. The molecule has 0 spiro atoms. The van der Waals surface area contributed by atoms with Crippen LogP contribution in [0.4, 0.5) is 0 Å². The molecule has 0 aromatic rings. The minimum absolute atomic E-state index is 0. The first kappa shape index (κ1) is 24.1. The van der Waals surface area contributed by atoms with Crippen LogP contribution in [-0.4, -0.2) is 12.2 Å². The number of rotatable bonds is 0. The van der Waals surface area contributed by atoms with Gasteiger partial charge in [-0.25, -0.2) is 0 Å². The SMILES string of the molecule is C[O-].O=[N+]([O-])[O-].[Cu+2].[Cu+2]. The average Bonchev–Trinajstić information content (AvgIpc) is 1.41. The summed E-state index contributed by atoms with van der Waals surface area (Å²) in [5, 5.41) is 23.0. The van der Waals surface area contributed by atoms with Crippen LogP contribution in [0.2, 0.25) is 0 Å². The molecule has 2 radical (unpaired) electrons. The van der Waals surface area contributed by atoms with Crippen molar-refractivity contribution in [1.29, 1.82) is 0 Å². The number of nitrogens with zero attached hydrogens (tertiary/aromatic N) is 1. The van der Waals surface area contributed by atoms with Crippen molar-refractivity contribution in [1.82, 2.24) is 0 Å². The molecule has 56 valence electrons. The Morgan fingerprint density at radius 3 is 1.12 bits per heavy atom. The number of hydrogen-bond donors (Lipinski definition) is 0. The van der Waals surface area contributed by atoms with Crippen LogP contribution in [0.3, 0.4) is 0 Å².